The Morgan fingerprint density at radius 2 is 2.06 bits per heavy atom. The molecule has 2 fully saturated rings. The van der Waals surface area contributed by atoms with Crippen molar-refractivity contribution in [3.8, 4) is 0 Å². The standard InChI is InChI=1S/C12H22N2O2S/c13-11(10-2-6-16-7-3-10)12(15)14-4-1-8-17-9-5-14/h10-11H,1-9,13H2. The zero-order chi connectivity index (χ0) is 12.1. The molecule has 2 aliphatic heterocycles. The number of hydrogen-bond donors (Lipinski definition) is 1. The van der Waals surface area contributed by atoms with Crippen molar-refractivity contribution in [2.45, 2.75) is 25.3 Å². The zero-order valence-corrected chi connectivity index (χ0v) is 11.1. The minimum absolute atomic E-state index is 0.152. The fourth-order valence-electron chi connectivity index (χ4n) is 2.45. The minimum Gasteiger partial charge on any atom is -0.381 e. The molecule has 5 heteroatoms. The Balaban J connectivity index is 1.88. The van der Waals surface area contributed by atoms with Gasteiger partial charge in [-0.25, -0.2) is 0 Å². The predicted octanol–water partition coefficient (Wildman–Crippen LogP) is 0.706. The molecule has 98 valence electrons. The number of ether oxygens (including phenoxy) is 1. The van der Waals surface area contributed by atoms with E-state index in [0.717, 1.165) is 57.1 Å². The first-order chi connectivity index (χ1) is 8.29. The van der Waals surface area contributed by atoms with Crippen LogP contribution in [0.5, 0.6) is 0 Å². The van der Waals surface area contributed by atoms with E-state index >= 15 is 0 Å². The molecule has 2 aliphatic rings. The lowest BCUT2D eigenvalue weighted by Crippen LogP contribution is -2.49. The monoisotopic (exact) mass is 258 g/mol. The summed E-state index contributed by atoms with van der Waals surface area (Å²) in [6.07, 6.45) is 2.95. The molecule has 0 spiro atoms. The van der Waals surface area contributed by atoms with Gasteiger partial charge in [0.2, 0.25) is 5.91 Å². The second-order valence-electron chi connectivity index (χ2n) is 4.77. The number of amides is 1. The first-order valence-electron chi connectivity index (χ1n) is 6.49. The van der Waals surface area contributed by atoms with Crippen molar-refractivity contribution in [1.29, 1.82) is 0 Å². The maximum Gasteiger partial charge on any atom is 0.239 e. The topological polar surface area (TPSA) is 55.6 Å². The first-order valence-corrected chi connectivity index (χ1v) is 7.64. The molecular weight excluding hydrogens is 236 g/mol. The third kappa shape index (κ3) is 3.60. The van der Waals surface area contributed by atoms with Gasteiger partial charge >= 0.3 is 0 Å². The largest absolute Gasteiger partial charge is 0.381 e. The molecule has 2 heterocycles. The lowest BCUT2D eigenvalue weighted by molar-refractivity contribution is -0.134. The van der Waals surface area contributed by atoms with Crippen LogP contribution >= 0.6 is 11.8 Å². The van der Waals surface area contributed by atoms with Crippen LogP contribution in [0, 0.1) is 5.92 Å². The quantitative estimate of drug-likeness (QED) is 0.792. The van der Waals surface area contributed by atoms with Crippen molar-refractivity contribution in [3.05, 3.63) is 0 Å². The smallest absolute Gasteiger partial charge is 0.239 e. The average molecular weight is 258 g/mol. The van der Waals surface area contributed by atoms with Gasteiger partial charge in [-0.05, 0) is 30.9 Å². The third-order valence-corrected chi connectivity index (χ3v) is 4.64. The van der Waals surface area contributed by atoms with E-state index in [1.807, 2.05) is 16.7 Å². The summed E-state index contributed by atoms with van der Waals surface area (Å²) in [6.45, 7) is 3.24. The summed E-state index contributed by atoms with van der Waals surface area (Å²) in [7, 11) is 0. The van der Waals surface area contributed by atoms with Crippen LogP contribution in [0.3, 0.4) is 0 Å². The van der Waals surface area contributed by atoms with Crippen LogP contribution in [0.1, 0.15) is 19.3 Å². The van der Waals surface area contributed by atoms with E-state index in [2.05, 4.69) is 0 Å². The van der Waals surface area contributed by atoms with Gasteiger partial charge in [-0.3, -0.25) is 4.79 Å². The summed E-state index contributed by atoms with van der Waals surface area (Å²) in [6, 6.07) is -0.318. The van der Waals surface area contributed by atoms with Crippen LogP contribution in [-0.4, -0.2) is 54.7 Å². The van der Waals surface area contributed by atoms with Crippen LogP contribution in [0.15, 0.2) is 0 Å². The molecule has 4 nitrogen and oxygen atoms in total. The van der Waals surface area contributed by atoms with Crippen LogP contribution < -0.4 is 5.73 Å². The van der Waals surface area contributed by atoms with Crippen LogP contribution in [0.25, 0.3) is 0 Å². The summed E-state index contributed by atoms with van der Waals surface area (Å²) in [5, 5.41) is 0. The van der Waals surface area contributed by atoms with Crippen LogP contribution in [0.4, 0.5) is 0 Å². The van der Waals surface area contributed by atoms with E-state index in [1.54, 1.807) is 0 Å². The molecule has 0 aromatic rings. The van der Waals surface area contributed by atoms with Crippen molar-refractivity contribution in [3.63, 3.8) is 0 Å². The molecule has 2 rings (SSSR count). The summed E-state index contributed by atoms with van der Waals surface area (Å²) < 4.78 is 5.31. The Labute approximate surface area is 107 Å². The summed E-state index contributed by atoms with van der Waals surface area (Å²) in [5.41, 5.74) is 6.12. The highest BCUT2D eigenvalue weighted by molar-refractivity contribution is 7.99. The Morgan fingerprint density at radius 3 is 2.82 bits per heavy atom. The SMILES string of the molecule is NC(C(=O)N1CCCSCC1)C1CCOCC1. The van der Waals surface area contributed by atoms with E-state index in [9.17, 15) is 4.79 Å². The summed E-state index contributed by atoms with van der Waals surface area (Å²) in [5.74, 6) is 2.68. The van der Waals surface area contributed by atoms with Gasteiger partial charge in [-0.1, -0.05) is 0 Å². The van der Waals surface area contributed by atoms with Crippen molar-refractivity contribution >= 4 is 17.7 Å². The number of nitrogens with two attached hydrogens (primary N) is 1. The second kappa shape index (κ2) is 6.61. The van der Waals surface area contributed by atoms with Crippen molar-refractivity contribution in [2.75, 3.05) is 37.8 Å². The van der Waals surface area contributed by atoms with Crippen molar-refractivity contribution in [2.24, 2.45) is 11.7 Å². The molecule has 17 heavy (non-hydrogen) atoms. The lowest BCUT2D eigenvalue weighted by atomic mass is 9.91. The molecule has 2 N–H and O–H groups in total. The Bertz CT molecular complexity index is 249. The molecule has 0 saturated carbocycles. The maximum atomic E-state index is 12.3. The van der Waals surface area contributed by atoms with Gasteiger partial charge < -0.3 is 15.4 Å². The number of carbonyl (C=O) groups excluding carboxylic acids is 1. The Morgan fingerprint density at radius 1 is 1.29 bits per heavy atom. The number of rotatable bonds is 2. The van der Waals surface area contributed by atoms with Crippen molar-refractivity contribution < 1.29 is 9.53 Å². The minimum atomic E-state index is -0.318. The van der Waals surface area contributed by atoms with Gasteiger partial charge in [-0.2, -0.15) is 11.8 Å². The van der Waals surface area contributed by atoms with Gasteiger partial charge in [0.25, 0.3) is 0 Å². The molecule has 1 amide bonds. The number of hydrogen-bond acceptors (Lipinski definition) is 4. The van der Waals surface area contributed by atoms with E-state index in [0.29, 0.717) is 5.92 Å². The summed E-state index contributed by atoms with van der Waals surface area (Å²) >= 11 is 1.93. The second-order valence-corrected chi connectivity index (χ2v) is 5.99. The van der Waals surface area contributed by atoms with E-state index in [-0.39, 0.29) is 11.9 Å². The molecule has 1 unspecified atom stereocenters. The Kier molecular flexibility index (Phi) is 5.13. The number of thioether (sulfide) groups is 1. The molecule has 1 atom stereocenters. The maximum absolute atomic E-state index is 12.3. The predicted molar refractivity (Wildman–Crippen MR) is 70.0 cm³/mol. The molecule has 0 bridgehead atoms. The molecular formula is C12H22N2O2S. The number of nitrogens with zero attached hydrogens (tertiary/aromatic N) is 1. The average Bonchev–Trinajstić information content (AvgIpc) is 2.67. The highest BCUT2D eigenvalue weighted by Crippen LogP contribution is 2.20. The summed E-state index contributed by atoms with van der Waals surface area (Å²) in [4.78, 5) is 14.3. The van der Waals surface area contributed by atoms with E-state index in [4.69, 9.17) is 10.5 Å². The van der Waals surface area contributed by atoms with Gasteiger partial charge in [-0.15, -0.1) is 0 Å². The van der Waals surface area contributed by atoms with Crippen LogP contribution in [-0.2, 0) is 9.53 Å². The normalized spacial score (nSPS) is 25.4. The van der Waals surface area contributed by atoms with Gasteiger partial charge in [0.05, 0.1) is 6.04 Å². The molecule has 2 saturated heterocycles. The third-order valence-electron chi connectivity index (χ3n) is 3.59. The van der Waals surface area contributed by atoms with Gasteiger partial charge in [0, 0.05) is 32.1 Å². The van der Waals surface area contributed by atoms with Gasteiger partial charge in [0.1, 0.15) is 0 Å². The van der Waals surface area contributed by atoms with Gasteiger partial charge in [0.15, 0.2) is 0 Å². The van der Waals surface area contributed by atoms with Crippen molar-refractivity contribution in [1.82, 2.24) is 4.90 Å². The van der Waals surface area contributed by atoms with Crippen LogP contribution in [0.2, 0.25) is 0 Å². The fraction of sp³-hybridized carbons (Fsp3) is 0.917. The van der Waals surface area contributed by atoms with E-state index < -0.39 is 0 Å². The lowest BCUT2D eigenvalue weighted by Gasteiger charge is -2.30. The number of carbonyl (C=O) groups is 1. The highest BCUT2D eigenvalue weighted by Gasteiger charge is 2.29. The fourth-order valence-corrected chi connectivity index (χ4v) is 3.34. The molecule has 0 aromatic heterocycles. The molecule has 0 radical (unpaired) electrons. The molecule has 0 aliphatic carbocycles. The zero-order valence-electron chi connectivity index (χ0n) is 10.3. The van der Waals surface area contributed by atoms with E-state index in [1.165, 1.54) is 0 Å². The first kappa shape index (κ1) is 13.2. The molecule has 0 aromatic carbocycles. The highest BCUT2D eigenvalue weighted by atomic mass is 32.2. The Hall–Kier alpha value is -0.260.